The number of carboxylic acids is 1. The predicted molar refractivity (Wildman–Crippen MR) is 250 cm³/mol. The summed E-state index contributed by atoms with van der Waals surface area (Å²) in [6, 6.07) is 8.16. The van der Waals surface area contributed by atoms with Crippen molar-refractivity contribution < 1.29 is 78.8 Å². The molecule has 0 saturated carbocycles. The van der Waals surface area contributed by atoms with Crippen molar-refractivity contribution in [1.82, 2.24) is 41.8 Å². The number of aliphatic hydroxyl groups excluding tert-OH is 5. The Hall–Kier alpha value is -6.96. The highest BCUT2D eigenvalue weighted by Crippen LogP contribution is 2.27. The van der Waals surface area contributed by atoms with Crippen LogP contribution in [0, 0.1) is 5.92 Å². The van der Waals surface area contributed by atoms with Gasteiger partial charge in [0.2, 0.25) is 29.5 Å². The van der Waals surface area contributed by atoms with Gasteiger partial charge in [0.15, 0.2) is 17.9 Å². The lowest BCUT2D eigenvalue weighted by Crippen LogP contribution is -2.64. The third kappa shape index (κ3) is 14.6. The number of amides is 7. The van der Waals surface area contributed by atoms with Gasteiger partial charge in [-0.1, -0.05) is 55.8 Å². The molecule has 2 saturated heterocycles. The van der Waals surface area contributed by atoms with Gasteiger partial charge in [-0.15, -0.1) is 0 Å². The summed E-state index contributed by atoms with van der Waals surface area (Å²) in [4.78, 5) is 109. The standard InChI is InChI=1S/C47H62N8O16/c1-24(10-6-4-5-7-11-25-14-16-27(71-3)17-15-25)38(61)39(62)37-40(63)44(66)53-42-41(64)45(67)54-47(42,70)20-35(60)55(2)23-34(59)50-31(19-29-28-12-8-9-13-30(28)51-36(29)46(68)69)43(65)49-22-33(58)48-21-26(56)18-32(57)52-37/h7-9,11-17,24,26,31,37-42,51,56,61-64,70H,4-6,10,18-23H2,1-3H3,(H,48,58)(H,49,65)(H,50,59)(H,52,57)(H,53,66)(H,54,67)(H,68,69)/b11-7+/t24-,26+,31?,37+,38-,39-,40-,41+,42-,47-/m0/s1. The van der Waals surface area contributed by atoms with Crippen LogP contribution in [-0.4, -0.2) is 181 Å². The summed E-state index contributed by atoms with van der Waals surface area (Å²) in [6.07, 6.45) is -6.36. The fourth-order valence-corrected chi connectivity index (χ4v) is 8.30. The molecule has 1 aromatic heterocycles. The fraction of sp³-hybridized carbons (Fsp3) is 0.489. The molecule has 0 bridgehead atoms. The highest BCUT2D eigenvalue weighted by Gasteiger charge is 2.55. The Kier molecular flexibility index (Phi) is 19.2. The average Bonchev–Trinajstić information content (AvgIpc) is 3.80. The number of nitrogens with one attached hydrogen (secondary N) is 7. The average molecular weight is 995 g/mol. The number of carboxylic acid groups (broad SMARTS) is 1. The van der Waals surface area contributed by atoms with Crippen molar-refractivity contribution in [2.75, 3.05) is 33.8 Å². The monoisotopic (exact) mass is 994 g/mol. The number of methoxy groups -OCH3 is 1. The van der Waals surface area contributed by atoms with E-state index in [2.05, 4.69) is 31.6 Å². The maximum Gasteiger partial charge on any atom is 0.352 e. The number of para-hydroxylation sites is 1. The van der Waals surface area contributed by atoms with Gasteiger partial charge in [0.05, 0.1) is 51.3 Å². The number of aliphatic hydroxyl groups is 6. The molecule has 71 heavy (non-hydrogen) atoms. The van der Waals surface area contributed by atoms with E-state index < -0.39 is 147 Å². The van der Waals surface area contributed by atoms with Crippen LogP contribution in [-0.2, 0) is 40.0 Å². The lowest BCUT2D eigenvalue weighted by atomic mass is 9.88. The SMILES string of the molecule is COc1ccc(/C=C/CCCC[C@H](C)[C@H](O)[C@@H](O)[C@H]2NC(=O)C[C@@H](O)CNC(=O)CNC(=O)C(Cc3c(C(=O)O)[nH]c4ccccc34)NC(=O)CN(C)C(=O)C[C@@]3(O)NC(=O)[C@H](O)[C@@H]3NC(=O)[C@H]2O)cc1. The van der Waals surface area contributed by atoms with Gasteiger partial charge in [0.25, 0.3) is 11.8 Å². The van der Waals surface area contributed by atoms with Gasteiger partial charge >= 0.3 is 5.97 Å². The maximum atomic E-state index is 13.8. The molecule has 24 heteroatoms. The van der Waals surface area contributed by atoms with Crippen LogP contribution in [0.4, 0.5) is 0 Å². The van der Waals surface area contributed by atoms with Crippen molar-refractivity contribution in [1.29, 1.82) is 0 Å². The Balaban J connectivity index is 1.34. The minimum Gasteiger partial charge on any atom is -0.497 e. The van der Waals surface area contributed by atoms with Crippen LogP contribution in [0.5, 0.6) is 5.75 Å². The number of hydrogen-bond donors (Lipinski definition) is 14. The molecule has 2 aromatic carbocycles. The van der Waals surface area contributed by atoms with Gasteiger partial charge in [-0.25, -0.2) is 4.79 Å². The summed E-state index contributed by atoms with van der Waals surface area (Å²) < 4.78 is 5.17. The minimum atomic E-state index is -2.78. The molecule has 2 aliphatic rings. The van der Waals surface area contributed by atoms with Crippen LogP contribution in [0.1, 0.15) is 67.1 Å². The smallest absolute Gasteiger partial charge is 0.352 e. The molecule has 2 aliphatic heterocycles. The maximum absolute atomic E-state index is 13.8. The second-order valence-corrected chi connectivity index (χ2v) is 17.8. The first-order valence-electron chi connectivity index (χ1n) is 22.9. The van der Waals surface area contributed by atoms with E-state index in [0.29, 0.717) is 36.6 Å². The molecule has 0 aliphatic carbocycles. The predicted octanol–water partition coefficient (Wildman–Crippen LogP) is -3.11. The zero-order valence-corrected chi connectivity index (χ0v) is 39.3. The molecule has 7 amide bonds. The topological polar surface area (TPSA) is 379 Å². The highest BCUT2D eigenvalue weighted by atomic mass is 16.5. The van der Waals surface area contributed by atoms with E-state index >= 15 is 0 Å². The molecule has 0 spiro atoms. The third-order valence-electron chi connectivity index (χ3n) is 12.4. The molecular formula is C47H62N8O16. The van der Waals surface area contributed by atoms with Crippen molar-refractivity contribution in [2.24, 2.45) is 5.92 Å². The zero-order valence-electron chi connectivity index (χ0n) is 39.3. The molecule has 24 nitrogen and oxygen atoms in total. The molecule has 0 radical (unpaired) electrons. The Morgan fingerprint density at radius 1 is 0.873 bits per heavy atom. The first-order chi connectivity index (χ1) is 33.6. The summed E-state index contributed by atoms with van der Waals surface area (Å²) >= 11 is 0. The number of nitrogens with zero attached hydrogens (tertiary/aromatic N) is 1. The molecule has 2 fully saturated rings. The first kappa shape index (κ1) is 55.0. The zero-order chi connectivity index (χ0) is 52.2. The van der Waals surface area contributed by atoms with E-state index in [4.69, 9.17) is 4.74 Å². The number of β-amino-alcohol motifs (C(OH)–C–C–N with tert-alkyl or cyclic N) is 1. The van der Waals surface area contributed by atoms with Crippen molar-refractivity contribution in [2.45, 2.75) is 106 Å². The van der Waals surface area contributed by atoms with Gasteiger partial charge in [-0.05, 0) is 54.5 Å². The number of rotatable bonds is 13. The normalized spacial score (nSPS) is 26.0. The number of ether oxygens (including phenoxy) is 1. The number of likely N-dealkylation sites (N-methyl/N-ethyl adjacent to an activating group) is 1. The second-order valence-electron chi connectivity index (χ2n) is 17.8. The van der Waals surface area contributed by atoms with Gasteiger partial charge in [0, 0.05) is 30.9 Å². The number of allylic oxidation sites excluding steroid dienone is 1. The summed E-state index contributed by atoms with van der Waals surface area (Å²) in [7, 11) is 2.68. The molecular weight excluding hydrogens is 933 g/mol. The van der Waals surface area contributed by atoms with Crippen LogP contribution < -0.4 is 36.6 Å². The Morgan fingerprint density at radius 2 is 1.58 bits per heavy atom. The number of aromatic amines is 1. The summed E-state index contributed by atoms with van der Waals surface area (Å²) in [6.45, 7) is -0.564. The van der Waals surface area contributed by atoms with Crippen LogP contribution in [0.2, 0.25) is 0 Å². The van der Waals surface area contributed by atoms with Gasteiger partial charge in [0.1, 0.15) is 29.6 Å². The number of carbonyl (C=O) groups is 8. The van der Waals surface area contributed by atoms with Crippen LogP contribution in [0.25, 0.3) is 17.0 Å². The van der Waals surface area contributed by atoms with E-state index in [1.54, 1.807) is 38.3 Å². The van der Waals surface area contributed by atoms with E-state index in [1.807, 2.05) is 41.7 Å². The lowest BCUT2D eigenvalue weighted by Gasteiger charge is -2.35. The summed E-state index contributed by atoms with van der Waals surface area (Å²) in [5.41, 5.74) is -1.61. The number of carbonyl (C=O) groups excluding carboxylic acids is 7. The number of aromatic nitrogens is 1. The summed E-state index contributed by atoms with van der Waals surface area (Å²) in [5, 5.41) is 91.1. The molecule has 10 atom stereocenters. The Labute approximate surface area is 407 Å². The van der Waals surface area contributed by atoms with E-state index in [1.165, 1.54) is 0 Å². The largest absolute Gasteiger partial charge is 0.497 e. The number of H-pyrrole nitrogens is 1. The van der Waals surface area contributed by atoms with E-state index in [-0.39, 0.29) is 11.3 Å². The Bertz CT molecular complexity index is 2450. The van der Waals surface area contributed by atoms with E-state index in [9.17, 15) is 74.1 Å². The van der Waals surface area contributed by atoms with Crippen molar-refractivity contribution in [3.8, 4) is 5.75 Å². The Morgan fingerprint density at radius 3 is 2.27 bits per heavy atom. The molecule has 5 rings (SSSR count). The quantitative estimate of drug-likeness (QED) is 0.0754. The van der Waals surface area contributed by atoms with E-state index in [0.717, 1.165) is 23.3 Å². The number of unbranched alkanes of at least 4 members (excludes halogenated alkanes) is 2. The van der Waals surface area contributed by atoms with Crippen LogP contribution >= 0.6 is 0 Å². The molecule has 14 N–H and O–H groups in total. The molecule has 1 unspecified atom stereocenters. The number of aromatic carboxylic acids is 1. The van der Waals surface area contributed by atoms with Gasteiger partial charge < -0.3 is 82.3 Å². The molecule has 3 aromatic rings. The number of benzene rings is 2. The van der Waals surface area contributed by atoms with Gasteiger partial charge in [-0.2, -0.15) is 0 Å². The first-order valence-corrected chi connectivity index (χ1v) is 22.9. The van der Waals surface area contributed by atoms with Crippen molar-refractivity contribution in [3.63, 3.8) is 0 Å². The van der Waals surface area contributed by atoms with Crippen molar-refractivity contribution >= 4 is 64.3 Å². The van der Waals surface area contributed by atoms with Crippen molar-refractivity contribution in [3.05, 3.63) is 71.4 Å². The van der Waals surface area contributed by atoms with Crippen LogP contribution in [0.15, 0.2) is 54.6 Å². The minimum absolute atomic E-state index is 0.108. The highest BCUT2D eigenvalue weighted by molar-refractivity contribution is 5.99. The lowest BCUT2D eigenvalue weighted by molar-refractivity contribution is -0.146. The molecule has 3 heterocycles. The fourth-order valence-electron chi connectivity index (χ4n) is 8.30. The summed E-state index contributed by atoms with van der Waals surface area (Å²) in [5.74, 6) is -9.14. The second kappa shape index (κ2) is 24.7. The van der Waals surface area contributed by atoms with Gasteiger partial charge in [-0.3, -0.25) is 33.6 Å². The number of hydrogen-bond acceptors (Lipinski definition) is 15. The number of fused-ring (bicyclic) bond motifs is 2. The van der Waals surface area contributed by atoms with Crippen LogP contribution in [0.3, 0.4) is 0 Å². The molecule has 386 valence electrons. The third-order valence-corrected chi connectivity index (χ3v) is 12.4.